The Balaban J connectivity index is 1.61. The molecule has 2 aromatic heterocycles. The minimum absolute atomic E-state index is 0.475. The van der Waals surface area contributed by atoms with Crippen LogP contribution in [0.4, 0.5) is 5.69 Å². The van der Waals surface area contributed by atoms with E-state index in [2.05, 4.69) is 27.4 Å². The molecule has 0 aliphatic carbocycles. The quantitative estimate of drug-likeness (QED) is 0.411. The number of fused-ring (bicyclic) bond motifs is 3. The van der Waals surface area contributed by atoms with Crippen molar-refractivity contribution >= 4 is 17.4 Å². The smallest absolute Gasteiger partial charge is 0.247 e. The summed E-state index contributed by atoms with van der Waals surface area (Å²) in [6, 6.07) is 11.8. The molecule has 1 aliphatic rings. The van der Waals surface area contributed by atoms with Gasteiger partial charge >= 0.3 is 0 Å². The van der Waals surface area contributed by atoms with Gasteiger partial charge < -0.3 is 14.5 Å². The summed E-state index contributed by atoms with van der Waals surface area (Å²) in [4.78, 5) is 4.66. The molecule has 7 heteroatoms. The Labute approximate surface area is 169 Å². The number of nitrogens with one attached hydrogen (secondary N) is 1. The molecule has 0 spiro atoms. The van der Waals surface area contributed by atoms with Crippen molar-refractivity contribution < 1.29 is 9.15 Å². The molecule has 146 valence electrons. The predicted octanol–water partition coefficient (Wildman–Crippen LogP) is 5.62. The van der Waals surface area contributed by atoms with Gasteiger partial charge in [-0.2, -0.15) is 4.98 Å². The van der Waals surface area contributed by atoms with Crippen molar-refractivity contribution in [3.63, 3.8) is 0 Å². The van der Waals surface area contributed by atoms with Gasteiger partial charge in [0, 0.05) is 17.0 Å². The second kappa shape index (κ2) is 8.65. The zero-order valence-corrected chi connectivity index (χ0v) is 17.0. The molecule has 0 saturated heterocycles. The van der Waals surface area contributed by atoms with E-state index in [1.54, 1.807) is 11.8 Å². The Morgan fingerprint density at radius 1 is 1.07 bits per heavy atom. The molecule has 3 heterocycles. The predicted molar refractivity (Wildman–Crippen MR) is 111 cm³/mol. The van der Waals surface area contributed by atoms with E-state index in [9.17, 15) is 0 Å². The van der Waals surface area contributed by atoms with Crippen molar-refractivity contribution in [2.75, 3.05) is 11.1 Å². The van der Waals surface area contributed by atoms with Crippen LogP contribution in [0.15, 0.2) is 46.0 Å². The van der Waals surface area contributed by atoms with Crippen LogP contribution in [0.1, 0.15) is 50.4 Å². The van der Waals surface area contributed by atoms with Crippen molar-refractivity contribution in [1.29, 1.82) is 0 Å². The van der Waals surface area contributed by atoms with E-state index in [1.165, 1.54) is 19.3 Å². The summed E-state index contributed by atoms with van der Waals surface area (Å²) in [5.41, 5.74) is 2.48. The first-order valence-corrected chi connectivity index (χ1v) is 10.7. The van der Waals surface area contributed by atoms with Gasteiger partial charge in [-0.25, -0.2) is 0 Å². The van der Waals surface area contributed by atoms with Gasteiger partial charge in [-0.05, 0) is 31.5 Å². The molecular weight excluding hydrogens is 372 g/mol. The zero-order chi connectivity index (χ0) is 19.3. The van der Waals surface area contributed by atoms with Crippen molar-refractivity contribution in [2.45, 2.75) is 50.9 Å². The monoisotopic (exact) mass is 396 g/mol. The van der Waals surface area contributed by atoms with E-state index in [4.69, 9.17) is 9.15 Å². The third-order valence-electron chi connectivity index (χ3n) is 4.58. The summed E-state index contributed by atoms with van der Waals surface area (Å²) in [6.45, 7) is 4.13. The zero-order valence-electron chi connectivity index (χ0n) is 16.1. The van der Waals surface area contributed by atoms with Gasteiger partial charge in [0.25, 0.3) is 0 Å². The maximum Gasteiger partial charge on any atom is 0.247 e. The number of hydrogen-bond acceptors (Lipinski definition) is 7. The van der Waals surface area contributed by atoms with E-state index < -0.39 is 6.23 Å². The fourth-order valence-electron chi connectivity index (χ4n) is 3.12. The van der Waals surface area contributed by atoms with Gasteiger partial charge in [-0.3, -0.25) is 0 Å². The number of anilines is 1. The fraction of sp³-hybridized carbons (Fsp3) is 0.381. The van der Waals surface area contributed by atoms with Crippen LogP contribution < -0.4 is 10.1 Å². The lowest BCUT2D eigenvalue weighted by Crippen LogP contribution is -2.16. The summed E-state index contributed by atoms with van der Waals surface area (Å²) >= 11 is 1.62. The van der Waals surface area contributed by atoms with E-state index in [-0.39, 0.29) is 0 Å². The fourth-order valence-corrected chi connectivity index (χ4v) is 3.90. The average Bonchev–Trinajstić information content (AvgIpc) is 3.07. The van der Waals surface area contributed by atoms with Crippen LogP contribution in [0.5, 0.6) is 5.88 Å². The summed E-state index contributed by atoms with van der Waals surface area (Å²) in [7, 11) is 0. The van der Waals surface area contributed by atoms with Gasteiger partial charge in [0.2, 0.25) is 17.3 Å². The minimum atomic E-state index is -0.477. The van der Waals surface area contributed by atoms with Gasteiger partial charge in [-0.15, -0.1) is 10.2 Å². The number of unbranched alkanes of at least 4 members (excludes halogenated alkanes) is 3. The van der Waals surface area contributed by atoms with Crippen molar-refractivity contribution in [2.24, 2.45) is 0 Å². The molecule has 1 aromatic carbocycles. The molecular formula is C21H24N4O2S. The Bertz CT molecular complexity index is 944. The summed E-state index contributed by atoms with van der Waals surface area (Å²) < 4.78 is 12.0. The first-order valence-electron chi connectivity index (χ1n) is 9.71. The van der Waals surface area contributed by atoms with E-state index in [0.717, 1.165) is 29.2 Å². The molecule has 0 saturated carbocycles. The lowest BCUT2D eigenvalue weighted by atomic mass is 10.1. The molecule has 0 fully saturated rings. The first kappa shape index (κ1) is 18.8. The number of ether oxygens (including phenoxy) is 1. The third kappa shape index (κ3) is 4.14. The van der Waals surface area contributed by atoms with Crippen LogP contribution in [0.25, 0.3) is 11.3 Å². The highest BCUT2D eigenvalue weighted by Crippen LogP contribution is 2.39. The summed E-state index contributed by atoms with van der Waals surface area (Å²) in [6.07, 6.45) is 4.40. The Morgan fingerprint density at radius 2 is 1.96 bits per heavy atom. The molecule has 4 rings (SSSR count). The number of nitrogens with zero attached hydrogens (tertiary/aromatic N) is 3. The normalized spacial score (nSPS) is 15.1. The van der Waals surface area contributed by atoms with Crippen LogP contribution in [0.3, 0.4) is 0 Å². The van der Waals surface area contributed by atoms with Gasteiger partial charge in [-0.1, -0.05) is 56.1 Å². The molecule has 0 amide bonds. The third-order valence-corrected chi connectivity index (χ3v) is 5.51. The van der Waals surface area contributed by atoms with Crippen molar-refractivity contribution in [3.05, 3.63) is 47.9 Å². The Morgan fingerprint density at radius 3 is 2.79 bits per heavy atom. The van der Waals surface area contributed by atoms with E-state index >= 15 is 0 Å². The highest BCUT2D eigenvalue weighted by Gasteiger charge is 2.27. The van der Waals surface area contributed by atoms with Crippen LogP contribution in [0.2, 0.25) is 0 Å². The second-order valence-corrected chi connectivity index (χ2v) is 7.86. The Kier molecular flexibility index (Phi) is 5.81. The van der Waals surface area contributed by atoms with Crippen molar-refractivity contribution in [1.82, 2.24) is 15.2 Å². The maximum atomic E-state index is 6.19. The molecule has 1 aliphatic heterocycles. The highest BCUT2D eigenvalue weighted by molar-refractivity contribution is 7.99. The lowest BCUT2D eigenvalue weighted by molar-refractivity contribution is 0.194. The molecule has 6 nitrogen and oxygen atoms in total. The van der Waals surface area contributed by atoms with Crippen LogP contribution >= 0.6 is 11.8 Å². The molecule has 0 unspecified atom stereocenters. The number of aryl methyl sites for hydroxylation is 1. The second-order valence-electron chi connectivity index (χ2n) is 6.79. The van der Waals surface area contributed by atoms with Crippen LogP contribution in [0, 0.1) is 6.92 Å². The average molecular weight is 397 g/mol. The van der Waals surface area contributed by atoms with Gasteiger partial charge in [0.05, 0.1) is 0 Å². The number of furan rings is 1. The molecule has 1 atom stereocenters. The molecule has 28 heavy (non-hydrogen) atoms. The number of thioether (sulfide) groups is 1. The molecule has 0 bridgehead atoms. The van der Waals surface area contributed by atoms with Gasteiger partial charge in [0.1, 0.15) is 5.76 Å². The van der Waals surface area contributed by atoms with Crippen LogP contribution in [-0.2, 0) is 0 Å². The Hall–Kier alpha value is -2.54. The van der Waals surface area contributed by atoms with Gasteiger partial charge in [0.15, 0.2) is 11.5 Å². The van der Waals surface area contributed by atoms with E-state index in [1.807, 2.05) is 43.3 Å². The van der Waals surface area contributed by atoms with E-state index in [0.29, 0.717) is 22.5 Å². The topological polar surface area (TPSA) is 73.1 Å². The maximum absolute atomic E-state index is 6.19. The number of rotatable bonds is 7. The number of aromatic nitrogens is 3. The summed E-state index contributed by atoms with van der Waals surface area (Å²) in [5.74, 6) is 2.99. The summed E-state index contributed by atoms with van der Waals surface area (Å²) in [5, 5.41) is 12.8. The number of hydrogen-bond donors (Lipinski definition) is 1. The molecule has 0 radical (unpaired) electrons. The standard InChI is InChI=1S/C21H24N4O2S/c1-3-4-5-8-13-28-21-23-20-18(24-25-21)15-9-6-7-10-16(15)22-19(27-20)17-12-11-14(2)26-17/h6-7,9-12,19,22H,3-5,8,13H2,1-2H3/t19-/m1/s1. The number of para-hydroxylation sites is 1. The van der Waals surface area contributed by atoms with Crippen LogP contribution in [-0.4, -0.2) is 20.9 Å². The van der Waals surface area contributed by atoms with Crippen molar-refractivity contribution in [3.8, 4) is 17.1 Å². The first-order chi connectivity index (χ1) is 13.7. The minimum Gasteiger partial charge on any atom is -0.460 e. The SMILES string of the molecule is CCCCCCSc1nnc2c(n1)O[C@H](c1ccc(C)o1)Nc1ccccc1-2. The number of benzene rings is 1. The highest BCUT2D eigenvalue weighted by atomic mass is 32.2. The lowest BCUT2D eigenvalue weighted by Gasteiger charge is -2.16. The molecule has 1 N–H and O–H groups in total. The largest absolute Gasteiger partial charge is 0.460 e. The molecule has 3 aromatic rings.